The van der Waals surface area contributed by atoms with Crippen molar-refractivity contribution in [1.82, 2.24) is 4.98 Å². The SMILES string of the molecule is c1ccc2ncc(NC3COC3)cc2c1. The van der Waals surface area contributed by atoms with Crippen LogP contribution < -0.4 is 5.32 Å². The normalized spacial score (nSPS) is 16.3. The first kappa shape index (κ1) is 8.68. The van der Waals surface area contributed by atoms with Gasteiger partial charge in [0.2, 0.25) is 0 Å². The van der Waals surface area contributed by atoms with Crippen molar-refractivity contribution in [2.45, 2.75) is 6.04 Å². The molecule has 15 heavy (non-hydrogen) atoms. The fourth-order valence-corrected chi connectivity index (χ4v) is 1.70. The number of hydrogen-bond acceptors (Lipinski definition) is 3. The van der Waals surface area contributed by atoms with E-state index in [2.05, 4.69) is 22.4 Å². The summed E-state index contributed by atoms with van der Waals surface area (Å²) in [6, 6.07) is 10.7. The summed E-state index contributed by atoms with van der Waals surface area (Å²) in [4.78, 5) is 4.39. The maximum atomic E-state index is 5.11. The molecule has 0 spiro atoms. The number of para-hydroxylation sites is 1. The Labute approximate surface area is 88.1 Å². The van der Waals surface area contributed by atoms with Crippen molar-refractivity contribution in [1.29, 1.82) is 0 Å². The van der Waals surface area contributed by atoms with E-state index in [0.717, 1.165) is 24.4 Å². The number of anilines is 1. The van der Waals surface area contributed by atoms with Gasteiger partial charge in [0.05, 0.1) is 36.7 Å². The molecule has 3 heteroatoms. The van der Waals surface area contributed by atoms with E-state index in [9.17, 15) is 0 Å². The van der Waals surface area contributed by atoms with Crippen molar-refractivity contribution in [3.63, 3.8) is 0 Å². The van der Waals surface area contributed by atoms with Crippen molar-refractivity contribution in [3.8, 4) is 0 Å². The highest BCUT2D eigenvalue weighted by atomic mass is 16.5. The van der Waals surface area contributed by atoms with Crippen LogP contribution in [0, 0.1) is 0 Å². The van der Waals surface area contributed by atoms with Gasteiger partial charge in [-0.1, -0.05) is 18.2 Å². The molecule has 0 atom stereocenters. The topological polar surface area (TPSA) is 34.2 Å². The zero-order valence-electron chi connectivity index (χ0n) is 8.31. The summed E-state index contributed by atoms with van der Waals surface area (Å²) in [7, 11) is 0. The van der Waals surface area contributed by atoms with Crippen LogP contribution in [0.1, 0.15) is 0 Å². The number of nitrogens with one attached hydrogen (secondary N) is 1. The van der Waals surface area contributed by atoms with E-state index in [1.807, 2.05) is 24.4 Å². The number of ether oxygens (including phenoxy) is 1. The molecular weight excluding hydrogens is 188 g/mol. The van der Waals surface area contributed by atoms with E-state index in [1.165, 1.54) is 5.39 Å². The Balaban J connectivity index is 1.91. The maximum absolute atomic E-state index is 5.11. The molecule has 1 aliphatic heterocycles. The van der Waals surface area contributed by atoms with Crippen LogP contribution in [0.5, 0.6) is 0 Å². The molecule has 0 aliphatic carbocycles. The van der Waals surface area contributed by atoms with Gasteiger partial charge in [0.25, 0.3) is 0 Å². The predicted molar refractivity (Wildman–Crippen MR) is 60.0 cm³/mol. The molecule has 1 fully saturated rings. The maximum Gasteiger partial charge on any atom is 0.0729 e. The number of nitrogens with zero attached hydrogens (tertiary/aromatic N) is 1. The minimum absolute atomic E-state index is 0.452. The minimum Gasteiger partial charge on any atom is -0.377 e. The summed E-state index contributed by atoms with van der Waals surface area (Å²) in [5.74, 6) is 0. The number of fused-ring (bicyclic) bond motifs is 1. The van der Waals surface area contributed by atoms with Crippen LogP contribution in [0.25, 0.3) is 10.9 Å². The summed E-state index contributed by atoms with van der Waals surface area (Å²) in [6.45, 7) is 1.60. The molecule has 0 bridgehead atoms. The molecule has 1 aliphatic rings. The lowest BCUT2D eigenvalue weighted by molar-refractivity contribution is 0.0211. The van der Waals surface area contributed by atoms with Crippen molar-refractivity contribution < 1.29 is 4.74 Å². The molecule has 0 amide bonds. The Bertz CT molecular complexity index is 480. The lowest BCUT2D eigenvalue weighted by Crippen LogP contribution is -2.40. The van der Waals surface area contributed by atoms with Crippen LogP contribution in [-0.4, -0.2) is 24.2 Å². The molecule has 2 heterocycles. The summed E-state index contributed by atoms with van der Waals surface area (Å²) < 4.78 is 5.11. The molecule has 0 unspecified atom stereocenters. The van der Waals surface area contributed by atoms with Crippen LogP contribution in [0.2, 0.25) is 0 Å². The van der Waals surface area contributed by atoms with Gasteiger partial charge < -0.3 is 10.1 Å². The quantitative estimate of drug-likeness (QED) is 0.805. The van der Waals surface area contributed by atoms with Gasteiger partial charge in [0.1, 0.15) is 0 Å². The van der Waals surface area contributed by atoms with E-state index in [-0.39, 0.29) is 0 Å². The average Bonchev–Trinajstić information content (AvgIpc) is 2.23. The average molecular weight is 200 g/mol. The highest BCUT2D eigenvalue weighted by Gasteiger charge is 2.17. The second-order valence-electron chi connectivity index (χ2n) is 3.80. The number of hydrogen-bond donors (Lipinski definition) is 1. The lowest BCUT2D eigenvalue weighted by Gasteiger charge is -2.27. The van der Waals surface area contributed by atoms with E-state index < -0.39 is 0 Å². The third-order valence-electron chi connectivity index (χ3n) is 2.60. The Kier molecular flexibility index (Phi) is 2.03. The fourth-order valence-electron chi connectivity index (χ4n) is 1.70. The summed E-state index contributed by atoms with van der Waals surface area (Å²) in [5, 5.41) is 4.55. The third kappa shape index (κ3) is 1.66. The number of pyridine rings is 1. The molecule has 1 N–H and O–H groups in total. The molecule has 76 valence electrons. The second-order valence-corrected chi connectivity index (χ2v) is 3.80. The van der Waals surface area contributed by atoms with Gasteiger partial charge in [-0.05, 0) is 12.1 Å². The highest BCUT2D eigenvalue weighted by Crippen LogP contribution is 2.18. The zero-order valence-corrected chi connectivity index (χ0v) is 8.31. The largest absolute Gasteiger partial charge is 0.377 e. The molecule has 0 saturated carbocycles. The molecular formula is C12H12N2O. The molecule has 1 aromatic carbocycles. The van der Waals surface area contributed by atoms with Crippen LogP contribution in [0.3, 0.4) is 0 Å². The standard InChI is InChI=1S/C12H12N2O/c1-2-4-12-9(3-1)5-10(6-13-12)14-11-7-15-8-11/h1-6,11,14H,7-8H2. The van der Waals surface area contributed by atoms with E-state index >= 15 is 0 Å². The van der Waals surface area contributed by atoms with E-state index in [4.69, 9.17) is 4.74 Å². The summed E-state index contributed by atoms with van der Waals surface area (Å²) in [5.41, 5.74) is 2.11. The fraction of sp³-hybridized carbons (Fsp3) is 0.250. The van der Waals surface area contributed by atoms with E-state index in [1.54, 1.807) is 0 Å². The molecule has 1 aromatic heterocycles. The Morgan fingerprint density at radius 1 is 1.27 bits per heavy atom. The van der Waals surface area contributed by atoms with Gasteiger partial charge in [0.15, 0.2) is 0 Å². The summed E-state index contributed by atoms with van der Waals surface area (Å²) >= 11 is 0. The highest BCUT2D eigenvalue weighted by molar-refractivity contribution is 5.81. The summed E-state index contributed by atoms with van der Waals surface area (Å²) in [6.07, 6.45) is 1.88. The predicted octanol–water partition coefficient (Wildman–Crippen LogP) is 2.05. The smallest absolute Gasteiger partial charge is 0.0729 e. The third-order valence-corrected chi connectivity index (χ3v) is 2.60. The zero-order chi connectivity index (χ0) is 10.1. The Morgan fingerprint density at radius 2 is 2.13 bits per heavy atom. The monoisotopic (exact) mass is 200 g/mol. The molecule has 3 rings (SSSR count). The van der Waals surface area contributed by atoms with Gasteiger partial charge in [-0.25, -0.2) is 0 Å². The molecule has 0 radical (unpaired) electrons. The minimum atomic E-state index is 0.452. The van der Waals surface area contributed by atoms with Gasteiger partial charge >= 0.3 is 0 Å². The van der Waals surface area contributed by atoms with Crippen molar-refractivity contribution in [2.24, 2.45) is 0 Å². The van der Waals surface area contributed by atoms with Crippen LogP contribution in [-0.2, 0) is 4.74 Å². The molecule has 2 aromatic rings. The van der Waals surface area contributed by atoms with Gasteiger partial charge in [-0.2, -0.15) is 0 Å². The van der Waals surface area contributed by atoms with Crippen LogP contribution in [0.4, 0.5) is 5.69 Å². The van der Waals surface area contributed by atoms with Crippen molar-refractivity contribution in [3.05, 3.63) is 36.5 Å². The van der Waals surface area contributed by atoms with Crippen LogP contribution in [0.15, 0.2) is 36.5 Å². The molecule has 3 nitrogen and oxygen atoms in total. The lowest BCUT2D eigenvalue weighted by atomic mass is 10.2. The van der Waals surface area contributed by atoms with Crippen molar-refractivity contribution in [2.75, 3.05) is 18.5 Å². The van der Waals surface area contributed by atoms with Crippen LogP contribution >= 0.6 is 0 Å². The first-order chi connectivity index (χ1) is 7.42. The number of aromatic nitrogens is 1. The first-order valence-corrected chi connectivity index (χ1v) is 5.11. The van der Waals surface area contributed by atoms with Gasteiger partial charge in [-0.3, -0.25) is 4.98 Å². The van der Waals surface area contributed by atoms with Crippen molar-refractivity contribution >= 4 is 16.6 Å². The molecule has 1 saturated heterocycles. The van der Waals surface area contributed by atoms with E-state index in [0.29, 0.717) is 6.04 Å². The second kappa shape index (κ2) is 3.51. The Morgan fingerprint density at radius 3 is 2.93 bits per heavy atom. The van der Waals surface area contributed by atoms with Gasteiger partial charge in [0, 0.05) is 5.39 Å². The Hall–Kier alpha value is -1.61. The van der Waals surface area contributed by atoms with Gasteiger partial charge in [-0.15, -0.1) is 0 Å². The first-order valence-electron chi connectivity index (χ1n) is 5.11. The number of rotatable bonds is 2. The number of benzene rings is 1.